The van der Waals surface area contributed by atoms with Crippen LogP contribution in [0.4, 0.5) is 0 Å². The van der Waals surface area contributed by atoms with E-state index in [2.05, 4.69) is 19.2 Å². The van der Waals surface area contributed by atoms with Crippen LogP contribution in [0.15, 0.2) is 23.6 Å². The van der Waals surface area contributed by atoms with Gasteiger partial charge in [-0.2, -0.15) is 0 Å². The highest BCUT2D eigenvalue weighted by molar-refractivity contribution is 7.13. The fraction of sp³-hybridized carbons (Fsp3) is 0.435. The molecule has 1 aliphatic carbocycles. The molecular weight excluding hydrogens is 398 g/mol. The van der Waals surface area contributed by atoms with Gasteiger partial charge in [0, 0.05) is 28.3 Å². The number of fused-ring (bicyclic) bond motifs is 1. The van der Waals surface area contributed by atoms with E-state index in [9.17, 15) is 4.79 Å². The van der Waals surface area contributed by atoms with Gasteiger partial charge in [0.05, 0.1) is 24.4 Å². The second-order valence-corrected chi connectivity index (χ2v) is 9.04. The second kappa shape index (κ2) is 8.22. The number of aromatic nitrogens is 2. The number of nitrogens with zero attached hydrogens (tertiary/aromatic N) is 2. The summed E-state index contributed by atoms with van der Waals surface area (Å²) >= 11 is 1.59. The van der Waals surface area contributed by atoms with Gasteiger partial charge >= 0.3 is 0 Å². The Morgan fingerprint density at radius 2 is 2.03 bits per heavy atom. The molecule has 0 radical (unpaired) electrons. The SMILES string of the molecule is COc1ccc2c(O[C@H]3CC[C@H](C(N)=O)C3)cc(-c3nc(C(C)C)cs3)nc2c1C. The summed E-state index contributed by atoms with van der Waals surface area (Å²) in [4.78, 5) is 21.3. The summed E-state index contributed by atoms with van der Waals surface area (Å²) in [6.45, 7) is 6.26. The Morgan fingerprint density at radius 3 is 2.67 bits per heavy atom. The van der Waals surface area contributed by atoms with Gasteiger partial charge < -0.3 is 15.2 Å². The number of benzene rings is 1. The lowest BCUT2D eigenvalue weighted by Gasteiger charge is -2.17. The van der Waals surface area contributed by atoms with Crippen LogP contribution >= 0.6 is 11.3 Å². The molecule has 0 saturated heterocycles. The zero-order valence-electron chi connectivity index (χ0n) is 17.8. The van der Waals surface area contributed by atoms with Gasteiger partial charge in [-0.05, 0) is 44.2 Å². The zero-order valence-corrected chi connectivity index (χ0v) is 18.6. The van der Waals surface area contributed by atoms with Crippen LogP contribution in [0, 0.1) is 12.8 Å². The highest BCUT2D eigenvalue weighted by Crippen LogP contribution is 2.38. The number of nitrogens with two attached hydrogens (primary N) is 1. The van der Waals surface area contributed by atoms with Crippen LogP contribution in [0.25, 0.3) is 21.6 Å². The third kappa shape index (κ3) is 3.86. The van der Waals surface area contributed by atoms with Gasteiger partial charge in [-0.15, -0.1) is 11.3 Å². The molecule has 0 bridgehead atoms. The molecule has 1 aromatic carbocycles. The Morgan fingerprint density at radius 1 is 1.23 bits per heavy atom. The van der Waals surface area contributed by atoms with E-state index in [1.807, 2.05) is 25.1 Å². The van der Waals surface area contributed by atoms with Crippen molar-refractivity contribution in [3.63, 3.8) is 0 Å². The van der Waals surface area contributed by atoms with E-state index < -0.39 is 0 Å². The average Bonchev–Trinajstić information content (AvgIpc) is 3.38. The molecule has 7 heteroatoms. The van der Waals surface area contributed by atoms with E-state index in [4.69, 9.17) is 25.2 Å². The quantitative estimate of drug-likeness (QED) is 0.611. The van der Waals surface area contributed by atoms with Crippen molar-refractivity contribution in [2.75, 3.05) is 7.11 Å². The molecule has 0 aliphatic heterocycles. The average molecular weight is 426 g/mol. The highest BCUT2D eigenvalue weighted by atomic mass is 32.1. The van der Waals surface area contributed by atoms with Crippen molar-refractivity contribution < 1.29 is 14.3 Å². The molecule has 0 unspecified atom stereocenters. The van der Waals surface area contributed by atoms with Crippen LogP contribution in [0.5, 0.6) is 11.5 Å². The maximum atomic E-state index is 11.6. The number of thiazole rings is 1. The van der Waals surface area contributed by atoms with Gasteiger partial charge in [0.1, 0.15) is 22.2 Å². The number of ether oxygens (including phenoxy) is 2. The number of rotatable bonds is 6. The lowest BCUT2D eigenvalue weighted by Crippen LogP contribution is -2.22. The smallest absolute Gasteiger partial charge is 0.220 e. The molecule has 1 saturated carbocycles. The zero-order chi connectivity index (χ0) is 21.4. The van der Waals surface area contributed by atoms with Crippen molar-refractivity contribution in [3.8, 4) is 22.2 Å². The van der Waals surface area contributed by atoms with Crippen LogP contribution in [0.2, 0.25) is 0 Å². The van der Waals surface area contributed by atoms with E-state index in [0.717, 1.165) is 57.2 Å². The van der Waals surface area contributed by atoms with Crippen molar-refractivity contribution in [1.82, 2.24) is 9.97 Å². The van der Waals surface area contributed by atoms with Gasteiger partial charge in [0.15, 0.2) is 0 Å². The molecule has 2 atom stereocenters. The van der Waals surface area contributed by atoms with Gasteiger partial charge in [0.25, 0.3) is 0 Å². The molecule has 0 spiro atoms. The molecule has 1 fully saturated rings. The molecule has 2 aromatic heterocycles. The van der Waals surface area contributed by atoms with E-state index in [1.165, 1.54) is 0 Å². The number of aryl methyl sites for hydroxylation is 1. The van der Waals surface area contributed by atoms with Gasteiger partial charge in [-0.1, -0.05) is 13.8 Å². The van der Waals surface area contributed by atoms with Crippen LogP contribution in [-0.2, 0) is 4.79 Å². The molecule has 4 rings (SSSR count). The highest BCUT2D eigenvalue weighted by Gasteiger charge is 2.30. The van der Waals surface area contributed by atoms with Gasteiger partial charge in [-0.25, -0.2) is 9.97 Å². The molecule has 3 aromatic rings. The summed E-state index contributed by atoms with van der Waals surface area (Å²) in [5, 5.41) is 3.88. The monoisotopic (exact) mass is 425 g/mol. The lowest BCUT2D eigenvalue weighted by atomic mass is 10.1. The van der Waals surface area contributed by atoms with E-state index in [1.54, 1.807) is 18.4 Å². The van der Waals surface area contributed by atoms with Crippen molar-refractivity contribution >= 4 is 28.1 Å². The molecule has 2 N–H and O–H groups in total. The number of methoxy groups -OCH3 is 1. The van der Waals surface area contributed by atoms with Crippen LogP contribution in [0.1, 0.15) is 50.3 Å². The molecule has 1 amide bonds. The largest absolute Gasteiger partial charge is 0.496 e. The number of hydrogen-bond acceptors (Lipinski definition) is 6. The van der Waals surface area contributed by atoms with Gasteiger partial charge in [-0.3, -0.25) is 4.79 Å². The number of carbonyl (C=O) groups is 1. The minimum atomic E-state index is -0.244. The van der Waals surface area contributed by atoms with E-state index in [-0.39, 0.29) is 17.9 Å². The van der Waals surface area contributed by atoms with E-state index in [0.29, 0.717) is 12.3 Å². The Balaban J connectivity index is 1.79. The first-order valence-electron chi connectivity index (χ1n) is 10.3. The minimum Gasteiger partial charge on any atom is -0.496 e. The van der Waals surface area contributed by atoms with Crippen molar-refractivity contribution in [2.24, 2.45) is 11.7 Å². The number of pyridine rings is 1. The summed E-state index contributed by atoms with van der Waals surface area (Å²) in [5.74, 6) is 1.55. The topological polar surface area (TPSA) is 87.3 Å². The van der Waals surface area contributed by atoms with Crippen LogP contribution < -0.4 is 15.2 Å². The minimum absolute atomic E-state index is 0.0362. The standard InChI is InChI=1S/C23H27N3O3S/c1-12(2)18-11-30-23(26-18)17-10-20(29-15-6-5-14(9-15)22(24)27)16-7-8-19(28-4)13(3)21(16)25-17/h7-8,10-12,14-15H,5-6,9H2,1-4H3,(H2,24,27)/t14-,15-/m0/s1. The van der Waals surface area contributed by atoms with Crippen molar-refractivity contribution in [1.29, 1.82) is 0 Å². The number of amides is 1. The maximum absolute atomic E-state index is 11.6. The Labute approximate surface area is 180 Å². The van der Waals surface area contributed by atoms with Crippen molar-refractivity contribution in [3.05, 3.63) is 34.8 Å². The molecule has 158 valence electrons. The summed E-state index contributed by atoms with van der Waals surface area (Å²) in [6.07, 6.45) is 2.20. The van der Waals surface area contributed by atoms with Crippen LogP contribution in [0.3, 0.4) is 0 Å². The Hall–Kier alpha value is -2.67. The molecule has 6 nitrogen and oxygen atoms in total. The predicted molar refractivity (Wildman–Crippen MR) is 119 cm³/mol. The van der Waals surface area contributed by atoms with Crippen molar-refractivity contribution in [2.45, 2.75) is 52.1 Å². The third-order valence-corrected chi connectivity index (χ3v) is 6.66. The number of hydrogen-bond donors (Lipinski definition) is 1. The van der Waals surface area contributed by atoms with Gasteiger partial charge in [0.2, 0.25) is 5.91 Å². The fourth-order valence-corrected chi connectivity index (χ4v) is 4.90. The Kier molecular flexibility index (Phi) is 5.64. The van der Waals surface area contributed by atoms with E-state index >= 15 is 0 Å². The lowest BCUT2D eigenvalue weighted by molar-refractivity contribution is -0.121. The first kappa shape index (κ1) is 20.6. The third-order valence-electron chi connectivity index (χ3n) is 5.78. The summed E-state index contributed by atoms with van der Waals surface area (Å²) in [5.41, 5.74) is 9.14. The Bertz CT molecular complexity index is 1090. The summed E-state index contributed by atoms with van der Waals surface area (Å²) in [6, 6.07) is 5.89. The molecule has 30 heavy (non-hydrogen) atoms. The summed E-state index contributed by atoms with van der Waals surface area (Å²) in [7, 11) is 1.66. The predicted octanol–water partition coefficient (Wildman–Crippen LogP) is 4.83. The number of carbonyl (C=O) groups excluding carboxylic acids is 1. The first-order chi connectivity index (χ1) is 14.4. The maximum Gasteiger partial charge on any atom is 0.220 e. The summed E-state index contributed by atoms with van der Waals surface area (Å²) < 4.78 is 11.9. The molecular formula is C23H27N3O3S. The normalized spacial score (nSPS) is 18.8. The first-order valence-corrected chi connectivity index (χ1v) is 11.2. The second-order valence-electron chi connectivity index (χ2n) is 8.18. The molecule has 1 aliphatic rings. The fourth-order valence-electron chi connectivity index (χ4n) is 3.96. The van der Waals surface area contributed by atoms with Crippen LogP contribution in [-0.4, -0.2) is 29.1 Å². The molecule has 2 heterocycles. The number of primary amides is 1.